The zero-order chi connectivity index (χ0) is 48.3. The topological polar surface area (TPSA) is 173 Å². The summed E-state index contributed by atoms with van der Waals surface area (Å²) in [6.45, 7) is 6.06. The number of carboxylic acid groups (broad SMARTS) is 3. The van der Waals surface area contributed by atoms with Crippen LogP contribution in [0.15, 0.2) is 12.2 Å². The highest BCUT2D eigenvalue weighted by Gasteiger charge is 2.00. The Labute approximate surface area is 396 Å². The summed E-state index contributed by atoms with van der Waals surface area (Å²) in [5, 5.41) is 49.5. The van der Waals surface area contributed by atoms with Crippen LogP contribution in [-0.4, -0.2) is 67.9 Å². The van der Waals surface area contributed by atoms with Gasteiger partial charge >= 0.3 is 17.9 Å². The van der Waals surface area contributed by atoms with Crippen molar-refractivity contribution in [1.29, 1.82) is 0 Å². The second kappa shape index (κ2) is 65.3. The number of aliphatic hydroxyl groups excluding tert-OH is 3. The van der Waals surface area contributed by atoms with Gasteiger partial charge in [-0.2, -0.15) is 0 Å². The van der Waals surface area contributed by atoms with Crippen LogP contribution >= 0.6 is 0 Å². The zero-order valence-electron chi connectivity index (χ0n) is 42.7. The molecule has 0 aromatic rings. The molecule has 0 radical (unpaired) electrons. The first-order valence-electron chi connectivity index (χ1n) is 27.3. The van der Waals surface area contributed by atoms with E-state index in [1.54, 1.807) is 0 Å². The Morgan fingerprint density at radius 3 is 0.641 bits per heavy atom. The van der Waals surface area contributed by atoms with E-state index in [2.05, 4.69) is 32.9 Å². The summed E-state index contributed by atoms with van der Waals surface area (Å²) < 4.78 is 0. The van der Waals surface area contributed by atoms with Crippen LogP contribution in [0.1, 0.15) is 303 Å². The monoisotopic (exact) mass is 915 g/mol. The van der Waals surface area contributed by atoms with Crippen molar-refractivity contribution in [3.8, 4) is 0 Å². The second-order valence-corrected chi connectivity index (χ2v) is 18.2. The van der Waals surface area contributed by atoms with E-state index in [-0.39, 0.29) is 13.2 Å². The SMILES string of the molecule is CCCCCCCC/C=C\CCCCCCCC(=O)O.CCCCCCCCCCCCCCCC(=O)O.CCCCCCCCCCCCCCCCCC(=O)O.OCC(O)CO. The molecular formula is C55H110O9. The molecule has 64 heavy (non-hydrogen) atoms. The molecule has 0 amide bonds. The summed E-state index contributed by atoms with van der Waals surface area (Å²) in [4.78, 5) is 31.0. The van der Waals surface area contributed by atoms with Gasteiger partial charge in [-0.1, -0.05) is 251 Å². The largest absolute Gasteiger partial charge is 0.481 e. The number of aliphatic carboxylic acids is 3. The Hall–Kier alpha value is -1.97. The Balaban J connectivity index is -0.000000396. The molecule has 0 saturated carbocycles. The van der Waals surface area contributed by atoms with Crippen LogP contribution in [0, 0.1) is 0 Å². The van der Waals surface area contributed by atoms with Crippen LogP contribution in [-0.2, 0) is 14.4 Å². The molecule has 0 aromatic heterocycles. The molecular weight excluding hydrogens is 805 g/mol. The normalized spacial score (nSPS) is 10.9. The highest BCUT2D eigenvalue weighted by Crippen LogP contribution is 2.15. The van der Waals surface area contributed by atoms with E-state index in [0.717, 1.165) is 38.5 Å². The van der Waals surface area contributed by atoms with Gasteiger partial charge < -0.3 is 30.6 Å². The number of hydrogen-bond acceptors (Lipinski definition) is 6. The predicted molar refractivity (Wildman–Crippen MR) is 272 cm³/mol. The summed E-state index contributed by atoms with van der Waals surface area (Å²) in [5.41, 5.74) is 0. The molecule has 9 heteroatoms. The lowest BCUT2D eigenvalue weighted by Gasteiger charge is -2.03. The van der Waals surface area contributed by atoms with Crippen LogP contribution in [0.25, 0.3) is 0 Å². The lowest BCUT2D eigenvalue weighted by atomic mass is 10.0. The highest BCUT2D eigenvalue weighted by molar-refractivity contribution is 5.67. The van der Waals surface area contributed by atoms with Gasteiger partial charge in [0.1, 0.15) is 6.10 Å². The molecule has 0 aromatic carbocycles. The van der Waals surface area contributed by atoms with E-state index in [1.165, 1.54) is 225 Å². The van der Waals surface area contributed by atoms with Crippen LogP contribution in [0.5, 0.6) is 0 Å². The van der Waals surface area contributed by atoms with Crippen LogP contribution < -0.4 is 0 Å². The van der Waals surface area contributed by atoms with Crippen molar-refractivity contribution in [1.82, 2.24) is 0 Å². The van der Waals surface area contributed by atoms with Gasteiger partial charge in [-0.25, -0.2) is 0 Å². The summed E-state index contributed by atoms with van der Waals surface area (Å²) in [7, 11) is 0. The molecule has 0 aliphatic heterocycles. The van der Waals surface area contributed by atoms with Crippen molar-refractivity contribution in [3.63, 3.8) is 0 Å². The number of carbonyl (C=O) groups is 3. The third-order valence-corrected chi connectivity index (χ3v) is 11.6. The number of rotatable bonds is 47. The zero-order valence-corrected chi connectivity index (χ0v) is 42.7. The number of aliphatic hydroxyl groups is 3. The third-order valence-electron chi connectivity index (χ3n) is 11.6. The average Bonchev–Trinajstić information content (AvgIpc) is 3.28. The smallest absolute Gasteiger partial charge is 0.303 e. The van der Waals surface area contributed by atoms with Gasteiger partial charge in [-0.15, -0.1) is 0 Å². The molecule has 0 spiro atoms. The van der Waals surface area contributed by atoms with Gasteiger partial charge in [0.25, 0.3) is 0 Å². The van der Waals surface area contributed by atoms with Gasteiger partial charge in [0, 0.05) is 19.3 Å². The van der Waals surface area contributed by atoms with Crippen molar-refractivity contribution < 1.29 is 45.0 Å². The maximum absolute atomic E-state index is 10.3. The van der Waals surface area contributed by atoms with Crippen molar-refractivity contribution in [2.24, 2.45) is 0 Å². The molecule has 384 valence electrons. The fraction of sp³-hybridized carbons (Fsp3) is 0.909. The van der Waals surface area contributed by atoms with Gasteiger partial charge in [-0.3, -0.25) is 14.4 Å². The van der Waals surface area contributed by atoms with E-state index in [1.807, 2.05) is 0 Å². The maximum Gasteiger partial charge on any atom is 0.303 e. The van der Waals surface area contributed by atoms with E-state index < -0.39 is 24.0 Å². The molecule has 0 unspecified atom stereocenters. The Kier molecular flexibility index (Phi) is 70.0. The molecule has 0 rings (SSSR count). The summed E-state index contributed by atoms with van der Waals surface area (Å²) in [5.74, 6) is -1.97. The predicted octanol–water partition coefficient (Wildman–Crippen LogP) is 16.3. The summed E-state index contributed by atoms with van der Waals surface area (Å²) in [6.07, 6.45) is 57.8. The van der Waals surface area contributed by atoms with E-state index in [0.29, 0.717) is 19.3 Å². The molecule has 6 N–H and O–H groups in total. The standard InChI is InChI=1S/C18H36O2.C18H34O2.C16H32O2.C3H8O3/c2*1-2-3-4-5-6-7-8-9-10-11-12-13-14-15-16-17-18(19)20;1-2-3-4-5-6-7-8-9-10-11-12-13-14-15-16(17)18;4-1-3(6)2-5/h2-17H2,1H3,(H,19,20);9-10H,2-8,11-17H2,1H3,(H,19,20);2-15H2,1H3,(H,17,18);3-6H,1-2H2/b;10-9-;;. The molecule has 0 heterocycles. The first-order valence-corrected chi connectivity index (χ1v) is 27.3. The van der Waals surface area contributed by atoms with Crippen molar-refractivity contribution in [2.45, 2.75) is 309 Å². The maximum atomic E-state index is 10.3. The lowest BCUT2D eigenvalue weighted by molar-refractivity contribution is -0.138. The number of allylic oxidation sites excluding steroid dienone is 2. The van der Waals surface area contributed by atoms with Gasteiger partial charge in [0.15, 0.2) is 0 Å². The average molecular weight is 915 g/mol. The number of hydrogen-bond donors (Lipinski definition) is 6. The number of carboxylic acids is 3. The van der Waals surface area contributed by atoms with Crippen molar-refractivity contribution in [2.75, 3.05) is 13.2 Å². The van der Waals surface area contributed by atoms with Crippen LogP contribution in [0.4, 0.5) is 0 Å². The fourth-order valence-electron chi connectivity index (χ4n) is 7.35. The van der Waals surface area contributed by atoms with Gasteiger partial charge in [-0.05, 0) is 44.9 Å². The molecule has 0 aliphatic carbocycles. The number of unbranched alkanes of at least 4 members (excludes halogenated alkanes) is 37. The fourth-order valence-corrected chi connectivity index (χ4v) is 7.35. The molecule has 0 saturated heterocycles. The Morgan fingerprint density at radius 2 is 0.484 bits per heavy atom. The quantitative estimate of drug-likeness (QED) is 0.0257. The van der Waals surface area contributed by atoms with Crippen LogP contribution in [0.2, 0.25) is 0 Å². The molecule has 0 atom stereocenters. The van der Waals surface area contributed by atoms with E-state index >= 15 is 0 Å². The summed E-state index contributed by atoms with van der Waals surface area (Å²) >= 11 is 0. The first-order chi connectivity index (χ1) is 31.1. The minimum atomic E-state index is -0.954. The molecule has 9 nitrogen and oxygen atoms in total. The summed E-state index contributed by atoms with van der Waals surface area (Å²) in [6, 6.07) is 0. The molecule has 0 aliphatic rings. The Morgan fingerprint density at radius 1 is 0.312 bits per heavy atom. The van der Waals surface area contributed by atoms with Crippen molar-refractivity contribution in [3.05, 3.63) is 12.2 Å². The minimum Gasteiger partial charge on any atom is -0.481 e. The third kappa shape index (κ3) is 80.3. The van der Waals surface area contributed by atoms with Crippen LogP contribution in [0.3, 0.4) is 0 Å². The van der Waals surface area contributed by atoms with Crippen molar-refractivity contribution >= 4 is 17.9 Å². The van der Waals surface area contributed by atoms with Gasteiger partial charge in [0.05, 0.1) is 13.2 Å². The molecule has 0 fully saturated rings. The lowest BCUT2D eigenvalue weighted by Crippen LogP contribution is -2.15. The van der Waals surface area contributed by atoms with Gasteiger partial charge in [0.2, 0.25) is 0 Å². The second-order valence-electron chi connectivity index (χ2n) is 18.2. The molecule has 0 bridgehead atoms. The highest BCUT2D eigenvalue weighted by atomic mass is 16.4. The minimum absolute atomic E-state index is 0.332. The first kappa shape index (κ1) is 68.6. The van der Waals surface area contributed by atoms with E-state index in [4.69, 9.17) is 30.6 Å². The Bertz CT molecular complexity index is 906. The van der Waals surface area contributed by atoms with E-state index in [9.17, 15) is 14.4 Å².